The highest BCUT2D eigenvalue weighted by Crippen LogP contribution is 2.55. The summed E-state index contributed by atoms with van der Waals surface area (Å²) >= 11 is 0. The summed E-state index contributed by atoms with van der Waals surface area (Å²) in [5.41, 5.74) is 16.3. The summed E-state index contributed by atoms with van der Waals surface area (Å²) in [6, 6.07) is 32.3. The lowest BCUT2D eigenvalue weighted by Crippen LogP contribution is -2.53. The van der Waals surface area contributed by atoms with Crippen molar-refractivity contribution >= 4 is 78.5 Å². The van der Waals surface area contributed by atoms with Crippen LogP contribution in [0.4, 0.5) is 39.5 Å². The van der Waals surface area contributed by atoms with Crippen LogP contribution in [0.15, 0.2) is 109 Å². The van der Waals surface area contributed by atoms with E-state index in [0.717, 1.165) is 134 Å². The Hall–Kier alpha value is -7.26. The maximum Gasteiger partial charge on any atom is 0.416 e. The largest absolute Gasteiger partial charge is 0.416 e. The van der Waals surface area contributed by atoms with E-state index in [1.807, 2.05) is 19.1 Å². The van der Waals surface area contributed by atoms with E-state index in [1.165, 1.54) is 24.3 Å². The molecule has 0 aliphatic carbocycles. The second-order valence-electron chi connectivity index (χ2n) is 26.8. The molecule has 0 bridgehead atoms. The van der Waals surface area contributed by atoms with Crippen molar-refractivity contribution in [2.24, 2.45) is 0 Å². The lowest BCUT2D eigenvalue weighted by atomic mass is 9.34. The standard InChI is InChI=1S/C74H63B2F9/c1-32(2)39-19-44(34(5)6)64(45(20-39)35(7)8)50-28-52-58-26-42(73(80,81)82)24-56-48-18-38(13)14-16-60(48)75(70(56)58)62-30-54-51(65-46(36(9)10)21-40(33(3)4)22-47(65)37(11)12)29-53-59-27-43(74(83,84)85)25-57-49-23-41(72(77,78)79)15-17-61(49)76(71(57)59)63-31-55(50)68(66(52)62)69(54)67(53)63/h14-37H,1-13H3. The number of rotatable bonds is 8. The average Bonchev–Trinajstić information content (AvgIpc) is 1.67. The molecule has 10 aromatic rings. The van der Waals surface area contributed by atoms with Crippen molar-refractivity contribution < 1.29 is 39.5 Å². The predicted molar refractivity (Wildman–Crippen MR) is 336 cm³/mol. The van der Waals surface area contributed by atoms with Crippen molar-refractivity contribution in [1.82, 2.24) is 0 Å². The van der Waals surface area contributed by atoms with Gasteiger partial charge in [0.2, 0.25) is 13.4 Å². The van der Waals surface area contributed by atoms with Crippen molar-refractivity contribution in [3.63, 3.8) is 0 Å². The van der Waals surface area contributed by atoms with Gasteiger partial charge in [0, 0.05) is 0 Å². The number of alkyl halides is 9. The Morgan fingerprint density at radius 2 is 0.624 bits per heavy atom. The number of aryl methyl sites for hydroxylation is 1. The van der Waals surface area contributed by atoms with Crippen LogP contribution >= 0.6 is 0 Å². The van der Waals surface area contributed by atoms with Gasteiger partial charge in [-0.1, -0.05) is 188 Å². The number of halogens is 9. The fourth-order valence-corrected chi connectivity index (χ4v) is 15.6. The molecule has 0 saturated carbocycles. The molecule has 10 aromatic carbocycles. The Kier molecular flexibility index (Phi) is 12.0. The molecule has 0 atom stereocenters. The molecule has 0 N–H and O–H groups in total. The summed E-state index contributed by atoms with van der Waals surface area (Å²) in [4.78, 5) is 0. The smallest absolute Gasteiger partial charge is 0.166 e. The third-order valence-electron chi connectivity index (χ3n) is 19.6. The van der Waals surface area contributed by atoms with Gasteiger partial charge in [0.15, 0.2) is 0 Å². The molecule has 0 fully saturated rings. The topological polar surface area (TPSA) is 0 Å². The maximum absolute atomic E-state index is 15.7. The summed E-state index contributed by atoms with van der Waals surface area (Å²) < 4.78 is 139. The number of hydrogen-bond donors (Lipinski definition) is 0. The number of fused-ring (bicyclic) bond motifs is 10. The molecule has 0 saturated heterocycles. The monoisotopic (exact) mass is 1140 g/mol. The molecular formula is C74H63B2F9. The van der Waals surface area contributed by atoms with E-state index in [1.54, 1.807) is 0 Å². The minimum atomic E-state index is -4.87. The Balaban J connectivity index is 1.29. The van der Waals surface area contributed by atoms with Crippen molar-refractivity contribution in [2.45, 2.75) is 144 Å². The first-order valence-electron chi connectivity index (χ1n) is 30.0. The number of benzene rings is 10. The fourth-order valence-electron chi connectivity index (χ4n) is 15.6. The molecule has 4 aliphatic heterocycles. The van der Waals surface area contributed by atoms with Crippen molar-refractivity contribution in [3.05, 3.63) is 165 Å². The zero-order chi connectivity index (χ0) is 60.5. The first-order chi connectivity index (χ1) is 39.9. The van der Waals surface area contributed by atoms with E-state index >= 15 is 26.3 Å². The Morgan fingerprint density at radius 1 is 0.294 bits per heavy atom. The highest BCUT2D eigenvalue weighted by atomic mass is 19.4. The van der Waals surface area contributed by atoms with Gasteiger partial charge in [-0.25, -0.2) is 0 Å². The SMILES string of the molecule is Cc1ccc2c(c1)-c1cc(C(F)(F)F)cc3c1B2c1cc2c(-c4c(C(C)C)cc(C(C)C)cc4C(C)C)cc4c5c(cc6c(-c7c(C(C)C)cc(C(C)C)cc7C(C)C)cc-3c1c6c25)B1c2ccc(C(F)(F)F)cc2-c2cc(C(F)(F)F)cc-4c21. The van der Waals surface area contributed by atoms with Crippen LogP contribution in [-0.2, 0) is 18.5 Å². The van der Waals surface area contributed by atoms with Gasteiger partial charge in [-0.05, 0) is 217 Å². The van der Waals surface area contributed by atoms with Crippen LogP contribution < -0.4 is 32.8 Å². The lowest BCUT2D eigenvalue weighted by molar-refractivity contribution is -0.138. The van der Waals surface area contributed by atoms with Gasteiger partial charge < -0.3 is 0 Å². The normalized spacial score (nSPS) is 14.1. The molecule has 4 heterocycles. The summed E-state index contributed by atoms with van der Waals surface area (Å²) in [6.45, 7) is 26.7. The molecule has 4 aliphatic rings. The summed E-state index contributed by atoms with van der Waals surface area (Å²) in [7, 11) is 0. The third kappa shape index (κ3) is 7.91. The van der Waals surface area contributed by atoms with Crippen LogP contribution in [0.1, 0.15) is 174 Å². The molecular weight excluding hydrogens is 1080 g/mol. The van der Waals surface area contributed by atoms with E-state index in [2.05, 4.69) is 138 Å². The van der Waals surface area contributed by atoms with Gasteiger partial charge in [-0.3, -0.25) is 0 Å². The highest BCUT2D eigenvalue weighted by Gasteiger charge is 2.48. The van der Waals surface area contributed by atoms with Crippen LogP contribution in [0, 0.1) is 6.92 Å². The molecule has 0 unspecified atom stereocenters. The summed E-state index contributed by atoms with van der Waals surface area (Å²) in [5, 5.41) is 4.75. The Morgan fingerprint density at radius 3 is 0.965 bits per heavy atom. The second-order valence-corrected chi connectivity index (χ2v) is 26.8. The van der Waals surface area contributed by atoms with Crippen LogP contribution in [0.3, 0.4) is 0 Å². The van der Waals surface area contributed by atoms with Crippen LogP contribution in [0.2, 0.25) is 0 Å². The van der Waals surface area contributed by atoms with E-state index in [9.17, 15) is 13.2 Å². The second kappa shape index (κ2) is 18.4. The van der Waals surface area contributed by atoms with E-state index in [4.69, 9.17) is 0 Å². The Labute approximate surface area is 491 Å². The van der Waals surface area contributed by atoms with E-state index < -0.39 is 48.6 Å². The van der Waals surface area contributed by atoms with Crippen molar-refractivity contribution in [1.29, 1.82) is 0 Å². The highest BCUT2D eigenvalue weighted by molar-refractivity contribution is 7.03. The molecule has 14 rings (SSSR count). The van der Waals surface area contributed by atoms with Crippen LogP contribution in [0.5, 0.6) is 0 Å². The maximum atomic E-state index is 15.7. The van der Waals surface area contributed by atoms with E-state index in [-0.39, 0.29) is 46.6 Å². The molecule has 0 amide bonds. The van der Waals surface area contributed by atoms with Crippen molar-refractivity contribution in [2.75, 3.05) is 0 Å². The van der Waals surface area contributed by atoms with Gasteiger partial charge in [0.05, 0.1) is 16.7 Å². The average molecular weight is 1140 g/mol. The predicted octanol–water partition coefficient (Wildman–Crippen LogP) is 19.0. The van der Waals surface area contributed by atoms with Crippen molar-refractivity contribution in [3.8, 4) is 66.8 Å². The summed E-state index contributed by atoms with van der Waals surface area (Å²) in [6.07, 6.45) is -14.4. The van der Waals surface area contributed by atoms with Gasteiger partial charge in [0.25, 0.3) is 0 Å². The molecule has 11 heteroatoms. The van der Waals surface area contributed by atoms with Crippen LogP contribution in [0.25, 0.3) is 99.1 Å². The van der Waals surface area contributed by atoms with Gasteiger partial charge >= 0.3 is 18.5 Å². The molecule has 0 aromatic heterocycles. The first-order valence-corrected chi connectivity index (χ1v) is 30.0. The third-order valence-corrected chi connectivity index (χ3v) is 19.6. The van der Waals surface area contributed by atoms with Gasteiger partial charge in [-0.15, -0.1) is 0 Å². The molecule has 0 nitrogen and oxygen atoms in total. The molecule has 0 radical (unpaired) electrons. The first kappa shape index (κ1) is 55.6. The van der Waals surface area contributed by atoms with E-state index in [0.29, 0.717) is 44.1 Å². The molecule has 0 spiro atoms. The lowest BCUT2D eigenvalue weighted by Gasteiger charge is -2.34. The zero-order valence-electron chi connectivity index (χ0n) is 49.9. The Bertz CT molecular complexity index is 4450. The van der Waals surface area contributed by atoms with Crippen LogP contribution in [-0.4, -0.2) is 13.4 Å². The molecule has 85 heavy (non-hydrogen) atoms. The minimum absolute atomic E-state index is 0.0207. The van der Waals surface area contributed by atoms with Gasteiger partial charge in [0.1, 0.15) is 0 Å². The fraction of sp³-hybridized carbons (Fsp3) is 0.297. The number of hydrogen-bond acceptors (Lipinski definition) is 0. The zero-order valence-corrected chi connectivity index (χ0v) is 49.9. The minimum Gasteiger partial charge on any atom is -0.166 e. The molecule has 428 valence electrons. The van der Waals surface area contributed by atoms with Gasteiger partial charge in [-0.2, -0.15) is 39.5 Å². The quantitative estimate of drug-likeness (QED) is 0.0808. The summed E-state index contributed by atoms with van der Waals surface area (Å²) in [5.74, 6) is 0.248.